The van der Waals surface area contributed by atoms with Gasteiger partial charge in [0.1, 0.15) is 0 Å². The first-order chi connectivity index (χ1) is 9.56. The van der Waals surface area contributed by atoms with Crippen molar-refractivity contribution in [1.82, 2.24) is 14.8 Å². The minimum atomic E-state index is 0.0911. The number of likely N-dealkylation sites (tertiary alicyclic amines) is 1. The van der Waals surface area contributed by atoms with E-state index in [-0.39, 0.29) is 5.91 Å². The fourth-order valence-electron chi connectivity index (χ4n) is 2.52. The highest BCUT2D eigenvalue weighted by molar-refractivity contribution is 7.21. The predicted octanol–water partition coefficient (Wildman–Crippen LogP) is 2.73. The van der Waals surface area contributed by atoms with Gasteiger partial charge in [0.05, 0.1) is 20.1 Å². The number of likely N-dealkylation sites (N-methyl/N-ethyl adjacent to an activating group) is 1. The first-order valence-electron chi connectivity index (χ1n) is 6.56. The minimum Gasteiger partial charge on any atom is -0.336 e. The van der Waals surface area contributed by atoms with Gasteiger partial charge in [-0.2, -0.15) is 0 Å². The molecular formula is C14H16ClN3OS. The average Bonchev–Trinajstić information content (AvgIpc) is 3.05. The number of hydrogen-bond acceptors (Lipinski definition) is 4. The zero-order chi connectivity index (χ0) is 14.3. The molecule has 0 N–H and O–H groups in total. The Morgan fingerprint density at radius 1 is 1.55 bits per heavy atom. The standard InChI is InChI=1S/C14H16ClN3OS/c1-17(2)9-4-6-18(8-9)14(19)12-7-11-13(20-12)10(15)3-5-16-11/h3,5,7,9H,4,6,8H2,1-2H3/t9-/m1/s1. The third-order valence-electron chi connectivity index (χ3n) is 3.76. The van der Waals surface area contributed by atoms with Gasteiger partial charge in [0.25, 0.3) is 5.91 Å². The molecule has 106 valence electrons. The Labute approximate surface area is 127 Å². The number of carbonyl (C=O) groups excluding carboxylic acids is 1. The molecule has 2 aromatic rings. The van der Waals surface area contributed by atoms with Gasteiger partial charge < -0.3 is 9.80 Å². The van der Waals surface area contributed by atoms with Gasteiger partial charge in [0.15, 0.2) is 0 Å². The van der Waals surface area contributed by atoms with Crippen molar-refractivity contribution in [3.8, 4) is 0 Å². The van der Waals surface area contributed by atoms with Gasteiger partial charge in [-0.15, -0.1) is 11.3 Å². The van der Waals surface area contributed by atoms with Crippen LogP contribution >= 0.6 is 22.9 Å². The lowest BCUT2D eigenvalue weighted by Crippen LogP contribution is -2.34. The second-order valence-electron chi connectivity index (χ2n) is 5.28. The lowest BCUT2D eigenvalue weighted by molar-refractivity contribution is 0.0788. The summed E-state index contributed by atoms with van der Waals surface area (Å²) in [4.78, 5) is 21.6. The number of hydrogen-bond donors (Lipinski definition) is 0. The normalized spacial score (nSPS) is 19.2. The number of nitrogens with zero attached hydrogens (tertiary/aromatic N) is 3. The first kappa shape index (κ1) is 13.8. The van der Waals surface area contributed by atoms with Crippen molar-refractivity contribution in [2.24, 2.45) is 0 Å². The lowest BCUT2D eigenvalue weighted by Gasteiger charge is -2.19. The summed E-state index contributed by atoms with van der Waals surface area (Å²) in [5.41, 5.74) is 0.800. The van der Waals surface area contributed by atoms with Crippen LogP contribution in [0.3, 0.4) is 0 Å². The zero-order valence-corrected chi connectivity index (χ0v) is 13.0. The Hall–Kier alpha value is -1.17. The van der Waals surface area contributed by atoms with Crippen molar-refractivity contribution in [2.75, 3.05) is 27.2 Å². The number of carbonyl (C=O) groups is 1. The zero-order valence-electron chi connectivity index (χ0n) is 11.5. The van der Waals surface area contributed by atoms with Crippen molar-refractivity contribution >= 4 is 39.1 Å². The van der Waals surface area contributed by atoms with Crippen LogP contribution in [0.5, 0.6) is 0 Å². The number of aromatic nitrogens is 1. The van der Waals surface area contributed by atoms with E-state index in [1.54, 1.807) is 12.3 Å². The molecule has 1 atom stereocenters. The van der Waals surface area contributed by atoms with E-state index in [1.807, 2.05) is 11.0 Å². The summed E-state index contributed by atoms with van der Waals surface area (Å²) in [6, 6.07) is 4.05. The first-order valence-corrected chi connectivity index (χ1v) is 7.75. The van der Waals surface area contributed by atoms with Crippen molar-refractivity contribution in [3.63, 3.8) is 0 Å². The van der Waals surface area contributed by atoms with Crippen molar-refractivity contribution < 1.29 is 4.79 Å². The second-order valence-corrected chi connectivity index (χ2v) is 6.73. The summed E-state index contributed by atoms with van der Waals surface area (Å²) >= 11 is 7.57. The average molecular weight is 310 g/mol. The van der Waals surface area contributed by atoms with Crippen LogP contribution in [0.4, 0.5) is 0 Å². The number of fused-ring (bicyclic) bond motifs is 1. The molecule has 0 aromatic carbocycles. The van der Waals surface area contributed by atoms with E-state index in [0.717, 1.165) is 34.6 Å². The highest BCUT2D eigenvalue weighted by Crippen LogP contribution is 2.31. The molecule has 0 unspecified atom stereocenters. The van der Waals surface area contributed by atoms with E-state index in [0.29, 0.717) is 11.1 Å². The van der Waals surface area contributed by atoms with Crippen LogP contribution in [0.25, 0.3) is 10.2 Å². The van der Waals surface area contributed by atoms with Crippen molar-refractivity contribution in [1.29, 1.82) is 0 Å². The molecule has 3 rings (SSSR count). The summed E-state index contributed by atoms with van der Waals surface area (Å²) in [6.07, 6.45) is 2.70. The van der Waals surface area contributed by atoms with E-state index in [1.165, 1.54) is 11.3 Å². The Balaban J connectivity index is 1.84. The number of thiophene rings is 1. The summed E-state index contributed by atoms with van der Waals surface area (Å²) < 4.78 is 0.890. The molecule has 1 saturated heterocycles. The third kappa shape index (κ3) is 2.41. The van der Waals surface area contributed by atoms with E-state index in [4.69, 9.17) is 11.6 Å². The van der Waals surface area contributed by atoms with E-state index < -0.39 is 0 Å². The highest BCUT2D eigenvalue weighted by atomic mass is 35.5. The molecule has 20 heavy (non-hydrogen) atoms. The smallest absolute Gasteiger partial charge is 0.264 e. The number of halogens is 1. The van der Waals surface area contributed by atoms with Gasteiger partial charge >= 0.3 is 0 Å². The van der Waals surface area contributed by atoms with Gasteiger partial charge in [0.2, 0.25) is 0 Å². The second kappa shape index (κ2) is 5.31. The maximum atomic E-state index is 12.5. The van der Waals surface area contributed by atoms with Gasteiger partial charge in [-0.1, -0.05) is 11.6 Å². The minimum absolute atomic E-state index is 0.0911. The number of rotatable bonds is 2. The fraction of sp³-hybridized carbons (Fsp3) is 0.429. The topological polar surface area (TPSA) is 36.4 Å². The van der Waals surface area contributed by atoms with E-state index >= 15 is 0 Å². The molecule has 3 heterocycles. The molecule has 4 nitrogen and oxygen atoms in total. The number of amides is 1. The molecule has 1 aliphatic rings. The molecule has 0 bridgehead atoms. The molecule has 0 saturated carbocycles. The molecule has 1 amide bonds. The van der Waals surface area contributed by atoms with Crippen LogP contribution in [0.2, 0.25) is 5.02 Å². The molecule has 6 heteroatoms. The summed E-state index contributed by atoms with van der Waals surface area (Å²) in [7, 11) is 4.11. The van der Waals surface area contributed by atoms with Crippen LogP contribution in [0, 0.1) is 0 Å². The molecule has 0 aliphatic carbocycles. The third-order valence-corrected chi connectivity index (χ3v) is 5.33. The summed E-state index contributed by atoms with van der Waals surface area (Å²) in [5.74, 6) is 0.0911. The maximum Gasteiger partial charge on any atom is 0.264 e. The quantitative estimate of drug-likeness (QED) is 0.856. The highest BCUT2D eigenvalue weighted by Gasteiger charge is 2.29. The van der Waals surface area contributed by atoms with Crippen molar-refractivity contribution in [3.05, 3.63) is 28.2 Å². The Kier molecular flexibility index (Phi) is 3.67. The van der Waals surface area contributed by atoms with Gasteiger partial charge in [-0.25, -0.2) is 0 Å². The van der Waals surface area contributed by atoms with Crippen molar-refractivity contribution in [2.45, 2.75) is 12.5 Å². The fourth-order valence-corrected chi connectivity index (χ4v) is 3.77. The van der Waals surface area contributed by atoms with Crippen LogP contribution in [0.15, 0.2) is 18.3 Å². The Bertz CT molecular complexity index is 655. The van der Waals surface area contributed by atoms with E-state index in [2.05, 4.69) is 24.0 Å². The molecule has 1 fully saturated rings. The van der Waals surface area contributed by atoms with Crippen LogP contribution in [-0.4, -0.2) is 53.9 Å². The summed E-state index contributed by atoms with van der Waals surface area (Å²) in [5, 5.41) is 0.659. The van der Waals surface area contributed by atoms with Crippen LogP contribution in [-0.2, 0) is 0 Å². The maximum absolute atomic E-state index is 12.5. The van der Waals surface area contributed by atoms with Crippen LogP contribution in [0.1, 0.15) is 16.1 Å². The largest absolute Gasteiger partial charge is 0.336 e. The lowest BCUT2D eigenvalue weighted by atomic mass is 10.2. The molecule has 0 spiro atoms. The molecular weight excluding hydrogens is 294 g/mol. The van der Waals surface area contributed by atoms with E-state index in [9.17, 15) is 4.79 Å². The molecule has 2 aromatic heterocycles. The SMILES string of the molecule is CN(C)[C@@H]1CCN(C(=O)c2cc3nccc(Cl)c3s2)C1. The number of pyridine rings is 1. The van der Waals surface area contributed by atoms with Gasteiger partial charge in [-0.3, -0.25) is 9.78 Å². The Morgan fingerprint density at radius 2 is 2.35 bits per heavy atom. The monoisotopic (exact) mass is 309 g/mol. The summed E-state index contributed by atoms with van der Waals surface area (Å²) in [6.45, 7) is 1.61. The van der Waals surface area contributed by atoms with Gasteiger partial charge in [-0.05, 0) is 32.6 Å². The molecule has 1 aliphatic heterocycles. The molecule has 0 radical (unpaired) electrons. The van der Waals surface area contributed by atoms with Gasteiger partial charge in [0, 0.05) is 25.3 Å². The predicted molar refractivity (Wildman–Crippen MR) is 82.6 cm³/mol. The van der Waals surface area contributed by atoms with Crippen LogP contribution < -0.4 is 0 Å². The Morgan fingerprint density at radius 3 is 3.00 bits per heavy atom.